The first-order chi connectivity index (χ1) is 11.7. The SMILES string of the molecule is CCC(C)c1ccc(Cc2ccc(Cc3cc[c-]cc3)cc2)cc1.[Y]. The maximum Gasteiger partial charge on any atom is 0 e. The molecule has 0 aliphatic heterocycles. The van der Waals surface area contributed by atoms with Gasteiger partial charge in [0.05, 0.1) is 0 Å². The third-order valence-corrected chi connectivity index (χ3v) is 4.79. The quantitative estimate of drug-likeness (QED) is 0.432. The molecule has 0 aromatic heterocycles. The Morgan fingerprint density at radius 1 is 0.680 bits per heavy atom. The molecule has 25 heavy (non-hydrogen) atoms. The summed E-state index contributed by atoms with van der Waals surface area (Å²) in [5, 5.41) is 0. The van der Waals surface area contributed by atoms with Gasteiger partial charge in [-0.3, -0.25) is 0 Å². The number of rotatable bonds is 6. The Morgan fingerprint density at radius 2 is 1.08 bits per heavy atom. The Morgan fingerprint density at radius 3 is 1.52 bits per heavy atom. The van der Waals surface area contributed by atoms with Gasteiger partial charge in [0.15, 0.2) is 0 Å². The van der Waals surface area contributed by atoms with Crippen LogP contribution in [0.5, 0.6) is 0 Å². The predicted molar refractivity (Wildman–Crippen MR) is 102 cm³/mol. The normalized spacial score (nSPS) is 11.6. The summed E-state index contributed by atoms with van der Waals surface area (Å²) >= 11 is 0. The van der Waals surface area contributed by atoms with Gasteiger partial charge in [0.1, 0.15) is 0 Å². The first-order valence-corrected chi connectivity index (χ1v) is 8.86. The summed E-state index contributed by atoms with van der Waals surface area (Å²) in [5.41, 5.74) is 6.89. The first-order valence-electron chi connectivity index (χ1n) is 8.86. The van der Waals surface area contributed by atoms with Crippen LogP contribution in [0.1, 0.15) is 54.0 Å². The smallest absolute Gasteiger partial charge is 0 e. The molecule has 1 radical (unpaired) electrons. The minimum Gasteiger partial charge on any atom is -0.184 e. The molecule has 0 aliphatic rings. The molecular formula is C24H25Y-. The van der Waals surface area contributed by atoms with Gasteiger partial charge in [-0.05, 0) is 47.4 Å². The molecule has 3 aromatic carbocycles. The van der Waals surface area contributed by atoms with E-state index in [4.69, 9.17) is 0 Å². The molecule has 0 nitrogen and oxygen atoms in total. The second kappa shape index (κ2) is 10.0. The van der Waals surface area contributed by atoms with Crippen LogP contribution in [0, 0.1) is 6.07 Å². The summed E-state index contributed by atoms with van der Waals surface area (Å²) in [5.74, 6) is 0.647. The first kappa shape index (κ1) is 20.1. The third-order valence-electron chi connectivity index (χ3n) is 4.79. The molecule has 1 unspecified atom stereocenters. The summed E-state index contributed by atoms with van der Waals surface area (Å²) in [7, 11) is 0. The van der Waals surface area contributed by atoms with Crippen LogP contribution in [-0.2, 0) is 45.6 Å². The van der Waals surface area contributed by atoms with Crippen LogP contribution in [0.2, 0.25) is 0 Å². The van der Waals surface area contributed by atoms with Crippen molar-refractivity contribution in [2.45, 2.75) is 39.0 Å². The van der Waals surface area contributed by atoms with Crippen molar-refractivity contribution in [2.75, 3.05) is 0 Å². The Hall–Kier alpha value is -1.24. The van der Waals surface area contributed by atoms with Crippen LogP contribution in [0.4, 0.5) is 0 Å². The summed E-state index contributed by atoms with van der Waals surface area (Å²) in [6.07, 6.45) is 3.18. The molecular weight excluding hydrogens is 377 g/mol. The van der Waals surface area contributed by atoms with Crippen molar-refractivity contribution in [1.82, 2.24) is 0 Å². The molecule has 0 N–H and O–H groups in total. The van der Waals surface area contributed by atoms with E-state index in [9.17, 15) is 0 Å². The number of benzene rings is 3. The minimum absolute atomic E-state index is 0. The van der Waals surface area contributed by atoms with Crippen LogP contribution in [0.25, 0.3) is 0 Å². The van der Waals surface area contributed by atoms with E-state index in [1.54, 1.807) is 0 Å². The molecule has 0 amide bonds. The van der Waals surface area contributed by atoms with E-state index in [0.29, 0.717) is 5.92 Å². The van der Waals surface area contributed by atoms with Gasteiger partial charge in [-0.25, -0.2) is 0 Å². The standard InChI is InChI=1S/C24H25.Y/c1-3-19(2)24-15-13-23(14-16-24)18-22-11-9-21(10-12-22)17-20-7-5-4-6-8-20;/h5-16,19H,3,17-18H2,1-2H3;/q-1;. The maximum atomic E-state index is 3.07. The Balaban J connectivity index is 0.00000225. The summed E-state index contributed by atoms with van der Waals surface area (Å²) in [4.78, 5) is 0. The zero-order chi connectivity index (χ0) is 16.8. The van der Waals surface area contributed by atoms with Crippen molar-refractivity contribution in [3.8, 4) is 0 Å². The summed E-state index contributed by atoms with van der Waals surface area (Å²) < 4.78 is 0. The largest absolute Gasteiger partial charge is 0.184 e. The molecule has 0 aliphatic carbocycles. The fraction of sp³-hybridized carbons (Fsp3) is 0.250. The molecule has 125 valence electrons. The van der Waals surface area contributed by atoms with Gasteiger partial charge in [-0.2, -0.15) is 35.9 Å². The molecule has 0 fully saturated rings. The van der Waals surface area contributed by atoms with Crippen molar-refractivity contribution in [1.29, 1.82) is 0 Å². The van der Waals surface area contributed by atoms with E-state index in [-0.39, 0.29) is 32.7 Å². The van der Waals surface area contributed by atoms with Crippen molar-refractivity contribution >= 4 is 0 Å². The molecule has 0 heterocycles. The van der Waals surface area contributed by atoms with Gasteiger partial charge >= 0.3 is 0 Å². The molecule has 0 saturated heterocycles. The zero-order valence-corrected chi connectivity index (χ0v) is 18.0. The molecule has 0 bridgehead atoms. The van der Waals surface area contributed by atoms with E-state index in [2.05, 4.69) is 80.6 Å². The zero-order valence-electron chi connectivity index (χ0n) is 15.2. The second-order valence-electron chi connectivity index (χ2n) is 6.63. The van der Waals surface area contributed by atoms with E-state index < -0.39 is 0 Å². The molecule has 0 spiro atoms. The van der Waals surface area contributed by atoms with Crippen LogP contribution in [0.15, 0.2) is 72.8 Å². The Labute approximate surface area is 177 Å². The van der Waals surface area contributed by atoms with Gasteiger partial charge in [0, 0.05) is 32.7 Å². The van der Waals surface area contributed by atoms with Crippen molar-refractivity contribution < 1.29 is 32.7 Å². The van der Waals surface area contributed by atoms with Gasteiger partial charge in [0.2, 0.25) is 0 Å². The average molecular weight is 402 g/mol. The topological polar surface area (TPSA) is 0 Å². The summed E-state index contributed by atoms with van der Waals surface area (Å²) in [6.45, 7) is 4.53. The van der Waals surface area contributed by atoms with Crippen LogP contribution < -0.4 is 0 Å². The summed E-state index contributed by atoms with van der Waals surface area (Å²) in [6, 6.07) is 29.4. The molecule has 3 rings (SSSR count). The molecule has 0 saturated carbocycles. The minimum atomic E-state index is 0. The third kappa shape index (κ3) is 5.91. The van der Waals surface area contributed by atoms with Gasteiger partial charge in [-0.15, -0.1) is 0 Å². The molecule has 1 heteroatoms. The van der Waals surface area contributed by atoms with Crippen LogP contribution >= 0.6 is 0 Å². The fourth-order valence-corrected chi connectivity index (χ4v) is 2.99. The van der Waals surface area contributed by atoms with E-state index in [0.717, 1.165) is 12.8 Å². The second-order valence-corrected chi connectivity index (χ2v) is 6.63. The molecule has 1 atom stereocenters. The Kier molecular flexibility index (Phi) is 8.07. The predicted octanol–water partition coefficient (Wildman–Crippen LogP) is 6.18. The molecule has 3 aromatic rings. The van der Waals surface area contributed by atoms with E-state index >= 15 is 0 Å². The number of hydrogen-bond donors (Lipinski definition) is 0. The maximum absolute atomic E-state index is 3.07. The van der Waals surface area contributed by atoms with Crippen molar-refractivity contribution in [3.05, 3.63) is 107 Å². The van der Waals surface area contributed by atoms with Crippen LogP contribution in [-0.4, -0.2) is 0 Å². The average Bonchev–Trinajstić information content (AvgIpc) is 2.64. The fourth-order valence-electron chi connectivity index (χ4n) is 2.99. The van der Waals surface area contributed by atoms with E-state index in [1.807, 2.05) is 12.1 Å². The van der Waals surface area contributed by atoms with Crippen molar-refractivity contribution in [2.24, 2.45) is 0 Å². The number of hydrogen-bond acceptors (Lipinski definition) is 0. The van der Waals surface area contributed by atoms with Gasteiger partial charge < -0.3 is 0 Å². The van der Waals surface area contributed by atoms with Gasteiger partial charge in [-0.1, -0.05) is 62.4 Å². The van der Waals surface area contributed by atoms with Gasteiger partial charge in [0.25, 0.3) is 0 Å². The van der Waals surface area contributed by atoms with E-state index in [1.165, 1.54) is 34.2 Å². The van der Waals surface area contributed by atoms with Crippen LogP contribution in [0.3, 0.4) is 0 Å². The Bertz CT molecular complexity index is 742. The van der Waals surface area contributed by atoms with Crippen molar-refractivity contribution in [3.63, 3.8) is 0 Å². The monoisotopic (exact) mass is 402 g/mol.